The minimum atomic E-state index is -0.875. The molecule has 182 valence electrons. The van der Waals surface area contributed by atoms with E-state index in [1.807, 2.05) is 45.0 Å². The number of rotatable bonds is 7. The molecule has 35 heavy (non-hydrogen) atoms. The summed E-state index contributed by atoms with van der Waals surface area (Å²) >= 11 is 0. The Morgan fingerprint density at radius 1 is 1.09 bits per heavy atom. The minimum absolute atomic E-state index is 0.00387. The van der Waals surface area contributed by atoms with Crippen molar-refractivity contribution >= 4 is 17.4 Å². The average Bonchev–Trinajstić information content (AvgIpc) is 3.46. The number of methoxy groups -OCH3 is 2. The van der Waals surface area contributed by atoms with E-state index in [0.717, 1.165) is 16.7 Å². The number of furan rings is 1. The lowest BCUT2D eigenvalue weighted by molar-refractivity contribution is -0.140. The van der Waals surface area contributed by atoms with E-state index in [0.29, 0.717) is 22.8 Å². The number of amides is 1. The van der Waals surface area contributed by atoms with E-state index < -0.39 is 17.7 Å². The molecule has 2 heterocycles. The van der Waals surface area contributed by atoms with Crippen LogP contribution in [-0.4, -0.2) is 35.9 Å². The largest absolute Gasteiger partial charge is 0.507 e. The summed E-state index contributed by atoms with van der Waals surface area (Å²) in [5, 5.41) is 11.5. The average molecular weight is 476 g/mol. The van der Waals surface area contributed by atoms with Crippen molar-refractivity contribution in [2.45, 2.75) is 39.3 Å². The monoisotopic (exact) mass is 475 g/mol. The molecule has 7 heteroatoms. The molecule has 4 rings (SSSR count). The van der Waals surface area contributed by atoms with Gasteiger partial charge >= 0.3 is 0 Å². The Balaban J connectivity index is 1.87. The molecule has 2 aromatic carbocycles. The molecule has 1 aliphatic rings. The number of benzene rings is 2. The van der Waals surface area contributed by atoms with Gasteiger partial charge in [0.15, 0.2) is 0 Å². The van der Waals surface area contributed by atoms with Crippen molar-refractivity contribution < 1.29 is 28.6 Å². The Labute approximate surface area is 204 Å². The van der Waals surface area contributed by atoms with Gasteiger partial charge in [-0.05, 0) is 65.9 Å². The van der Waals surface area contributed by atoms with Crippen molar-refractivity contribution in [2.75, 3.05) is 14.2 Å². The fourth-order valence-corrected chi connectivity index (χ4v) is 4.48. The Hall–Kier alpha value is -4.00. The van der Waals surface area contributed by atoms with Gasteiger partial charge < -0.3 is 23.9 Å². The molecule has 0 spiro atoms. The third kappa shape index (κ3) is 4.41. The third-order valence-corrected chi connectivity index (χ3v) is 6.29. The van der Waals surface area contributed by atoms with Gasteiger partial charge in [0.25, 0.3) is 11.7 Å². The smallest absolute Gasteiger partial charge is 0.296 e. The van der Waals surface area contributed by atoms with Crippen LogP contribution in [-0.2, 0) is 16.1 Å². The van der Waals surface area contributed by atoms with Gasteiger partial charge in [-0.15, -0.1) is 0 Å². The molecule has 1 amide bonds. The van der Waals surface area contributed by atoms with Gasteiger partial charge in [-0.25, -0.2) is 0 Å². The molecule has 1 aliphatic heterocycles. The molecule has 0 saturated carbocycles. The van der Waals surface area contributed by atoms with Crippen molar-refractivity contribution in [2.24, 2.45) is 0 Å². The number of likely N-dealkylation sites (tertiary alicyclic amines) is 1. The fourth-order valence-electron chi connectivity index (χ4n) is 4.48. The highest BCUT2D eigenvalue weighted by molar-refractivity contribution is 6.46. The summed E-state index contributed by atoms with van der Waals surface area (Å²) in [4.78, 5) is 27.9. The number of nitrogens with zero attached hydrogens (tertiary/aromatic N) is 1. The first-order chi connectivity index (χ1) is 16.8. The van der Waals surface area contributed by atoms with Gasteiger partial charge in [0.05, 0.1) is 26.1 Å². The third-order valence-electron chi connectivity index (χ3n) is 6.29. The quantitative estimate of drug-likeness (QED) is 0.281. The second-order valence-corrected chi connectivity index (χ2v) is 8.86. The van der Waals surface area contributed by atoms with E-state index in [1.165, 1.54) is 11.2 Å². The zero-order chi connectivity index (χ0) is 25.3. The zero-order valence-electron chi connectivity index (χ0n) is 20.5. The molecule has 1 atom stereocenters. The number of hydrogen-bond donors (Lipinski definition) is 1. The number of aryl methyl sites for hydroxylation is 1. The number of hydrogen-bond acceptors (Lipinski definition) is 6. The summed E-state index contributed by atoms with van der Waals surface area (Å²) in [7, 11) is 3.16. The van der Waals surface area contributed by atoms with Gasteiger partial charge in [-0.1, -0.05) is 26.0 Å². The molecular formula is C28H29NO6. The van der Waals surface area contributed by atoms with Crippen LogP contribution in [0.1, 0.15) is 53.8 Å². The predicted octanol–water partition coefficient (Wildman–Crippen LogP) is 5.35. The minimum Gasteiger partial charge on any atom is -0.507 e. The van der Waals surface area contributed by atoms with Crippen LogP contribution in [0.25, 0.3) is 5.76 Å². The summed E-state index contributed by atoms with van der Waals surface area (Å²) in [6.07, 6.45) is 1.48. The molecule has 1 fully saturated rings. The highest BCUT2D eigenvalue weighted by atomic mass is 16.5. The van der Waals surface area contributed by atoms with Crippen molar-refractivity contribution in [1.29, 1.82) is 0 Å². The van der Waals surface area contributed by atoms with Crippen LogP contribution in [0, 0.1) is 6.92 Å². The molecule has 0 bridgehead atoms. The van der Waals surface area contributed by atoms with E-state index in [-0.39, 0.29) is 23.8 Å². The maximum atomic E-state index is 13.3. The molecule has 1 saturated heterocycles. The molecule has 0 aliphatic carbocycles. The molecule has 0 radical (unpaired) electrons. The first-order valence-corrected chi connectivity index (χ1v) is 11.4. The van der Waals surface area contributed by atoms with E-state index >= 15 is 0 Å². The van der Waals surface area contributed by atoms with Crippen LogP contribution in [0.4, 0.5) is 0 Å². The van der Waals surface area contributed by atoms with E-state index in [2.05, 4.69) is 0 Å². The molecule has 1 unspecified atom stereocenters. The number of ether oxygens (including phenoxy) is 2. The van der Waals surface area contributed by atoms with Crippen LogP contribution in [0.15, 0.2) is 64.8 Å². The second kappa shape index (κ2) is 9.70. The van der Waals surface area contributed by atoms with Gasteiger partial charge in [-0.2, -0.15) is 0 Å². The lowest BCUT2D eigenvalue weighted by Crippen LogP contribution is -2.29. The van der Waals surface area contributed by atoms with Gasteiger partial charge in [0.2, 0.25) is 0 Å². The highest BCUT2D eigenvalue weighted by Crippen LogP contribution is 2.42. The summed E-state index contributed by atoms with van der Waals surface area (Å²) in [5.41, 5.74) is 2.87. The molecule has 1 N–H and O–H groups in total. The molecule has 3 aromatic rings. The van der Waals surface area contributed by atoms with Gasteiger partial charge in [0, 0.05) is 12.1 Å². The number of carbonyl (C=O) groups excluding carboxylic acids is 2. The van der Waals surface area contributed by atoms with Gasteiger partial charge in [0.1, 0.15) is 29.1 Å². The summed E-state index contributed by atoms with van der Waals surface area (Å²) < 4.78 is 16.4. The number of ketones is 1. The lowest BCUT2D eigenvalue weighted by Gasteiger charge is -2.24. The number of Topliss-reactive ketones (excluding diaryl/α,β-unsaturated/α-hetero) is 1. The maximum Gasteiger partial charge on any atom is 0.296 e. The van der Waals surface area contributed by atoms with Crippen LogP contribution in [0.2, 0.25) is 0 Å². The van der Waals surface area contributed by atoms with Crippen molar-refractivity contribution in [1.82, 2.24) is 4.90 Å². The number of aliphatic hydroxyl groups is 1. The molecular weight excluding hydrogens is 446 g/mol. The molecule has 1 aromatic heterocycles. The van der Waals surface area contributed by atoms with Crippen LogP contribution in [0.5, 0.6) is 11.5 Å². The molecule has 7 nitrogen and oxygen atoms in total. The van der Waals surface area contributed by atoms with Crippen LogP contribution < -0.4 is 9.47 Å². The van der Waals surface area contributed by atoms with E-state index in [1.54, 1.807) is 38.5 Å². The lowest BCUT2D eigenvalue weighted by atomic mass is 9.92. The SMILES string of the molecule is COc1cccc(CN2C(=O)C(=O)/C(=C(/O)c3cc(C(C)C)c(OC)cc3C)C2c2ccco2)c1. The number of carbonyl (C=O) groups is 2. The summed E-state index contributed by atoms with van der Waals surface area (Å²) in [6.45, 7) is 6.01. The highest BCUT2D eigenvalue weighted by Gasteiger charge is 2.47. The first-order valence-electron chi connectivity index (χ1n) is 11.4. The summed E-state index contributed by atoms with van der Waals surface area (Å²) in [5.74, 6) is 0.162. The first kappa shape index (κ1) is 24.1. The van der Waals surface area contributed by atoms with Crippen LogP contribution in [0.3, 0.4) is 0 Å². The van der Waals surface area contributed by atoms with Crippen LogP contribution >= 0.6 is 0 Å². The number of aliphatic hydroxyl groups excluding tert-OH is 1. The normalized spacial score (nSPS) is 17.3. The Morgan fingerprint density at radius 3 is 2.49 bits per heavy atom. The second-order valence-electron chi connectivity index (χ2n) is 8.86. The zero-order valence-corrected chi connectivity index (χ0v) is 20.5. The van der Waals surface area contributed by atoms with Crippen molar-refractivity contribution in [3.63, 3.8) is 0 Å². The van der Waals surface area contributed by atoms with Gasteiger partial charge in [-0.3, -0.25) is 9.59 Å². The Kier molecular flexibility index (Phi) is 6.69. The predicted molar refractivity (Wildman–Crippen MR) is 131 cm³/mol. The van der Waals surface area contributed by atoms with E-state index in [9.17, 15) is 14.7 Å². The summed E-state index contributed by atoms with van der Waals surface area (Å²) in [6, 6.07) is 13.5. The topological polar surface area (TPSA) is 89.2 Å². The fraction of sp³-hybridized carbons (Fsp3) is 0.286. The van der Waals surface area contributed by atoms with E-state index in [4.69, 9.17) is 13.9 Å². The van der Waals surface area contributed by atoms with Crippen molar-refractivity contribution in [3.05, 3.63) is 88.4 Å². The standard InChI is InChI=1S/C28H29NO6/c1-16(2)20-14-21(17(3)12-23(20)34-5)26(30)24-25(22-10-7-11-35-22)29(28(32)27(24)31)15-18-8-6-9-19(13-18)33-4/h6-14,16,25,30H,15H2,1-5H3/b26-24+. The maximum absolute atomic E-state index is 13.3. The Morgan fingerprint density at radius 2 is 1.86 bits per heavy atom. The Bertz CT molecular complexity index is 1290. The van der Waals surface area contributed by atoms with Crippen molar-refractivity contribution in [3.8, 4) is 11.5 Å².